The summed E-state index contributed by atoms with van der Waals surface area (Å²) in [6, 6.07) is 18.4. The predicted octanol–water partition coefficient (Wildman–Crippen LogP) is 6.97. The first-order valence-corrected chi connectivity index (χ1v) is 13.4. The minimum Gasteiger partial charge on any atom is -0.444 e. The number of likely N-dealkylation sites (tertiary alicyclic amines) is 1. The van der Waals surface area contributed by atoms with Crippen LogP contribution >= 0.6 is 11.6 Å². The number of hydrogen-bond donors (Lipinski definition) is 1. The topological polar surface area (TPSA) is 117 Å². The molecule has 2 aromatic heterocycles. The Morgan fingerprint density at radius 1 is 1.12 bits per heavy atom. The smallest absolute Gasteiger partial charge is 0.410 e. The van der Waals surface area contributed by atoms with Crippen molar-refractivity contribution in [1.82, 2.24) is 25.1 Å². The predicted molar refractivity (Wildman–Crippen MR) is 151 cm³/mol. The average molecular weight is 557 g/mol. The lowest BCUT2D eigenvalue weighted by atomic mass is 9.89. The van der Waals surface area contributed by atoms with Crippen molar-refractivity contribution in [1.29, 1.82) is 5.26 Å². The van der Waals surface area contributed by atoms with Gasteiger partial charge in [-0.15, -0.1) is 0 Å². The molecule has 40 heavy (non-hydrogen) atoms. The van der Waals surface area contributed by atoms with E-state index in [0.717, 1.165) is 35.4 Å². The lowest BCUT2D eigenvalue weighted by Crippen LogP contribution is -2.41. The zero-order valence-electron chi connectivity index (χ0n) is 22.5. The van der Waals surface area contributed by atoms with Crippen LogP contribution in [-0.2, 0) is 4.74 Å². The van der Waals surface area contributed by atoms with Crippen LogP contribution in [0.4, 0.5) is 4.79 Å². The second kappa shape index (κ2) is 11.4. The first kappa shape index (κ1) is 27.2. The van der Waals surface area contributed by atoms with E-state index in [1.807, 2.05) is 51.1 Å². The van der Waals surface area contributed by atoms with E-state index in [2.05, 4.69) is 16.2 Å². The van der Waals surface area contributed by atoms with Gasteiger partial charge in [-0.25, -0.2) is 9.78 Å². The van der Waals surface area contributed by atoms with Gasteiger partial charge in [-0.1, -0.05) is 29.8 Å². The zero-order valence-corrected chi connectivity index (χ0v) is 23.3. The Morgan fingerprint density at radius 3 is 2.58 bits per heavy atom. The van der Waals surface area contributed by atoms with Crippen LogP contribution in [0.5, 0.6) is 11.8 Å². The van der Waals surface area contributed by atoms with Crippen molar-refractivity contribution in [2.24, 2.45) is 0 Å². The van der Waals surface area contributed by atoms with Gasteiger partial charge in [0.15, 0.2) is 0 Å². The molecule has 0 unspecified atom stereocenters. The maximum atomic E-state index is 12.6. The van der Waals surface area contributed by atoms with Crippen LogP contribution in [0.1, 0.15) is 50.8 Å². The van der Waals surface area contributed by atoms with Gasteiger partial charge in [0.2, 0.25) is 0 Å². The number of halogens is 1. The number of nitrogens with zero attached hydrogens (tertiary/aromatic N) is 5. The SMILES string of the molecule is CC(C)(C)OC(=O)N1CCC(c2[nH]nc(-c3ccc(Cl)cc3)c2-c2ccnc(Oc3cccc(C#N)c3)n2)CC1. The number of H-pyrrole nitrogens is 1. The normalized spacial score (nSPS) is 14.0. The molecular weight excluding hydrogens is 528 g/mol. The van der Waals surface area contributed by atoms with E-state index < -0.39 is 5.60 Å². The standard InChI is InChI=1S/C30H29ClN6O3/c1-30(2,3)40-29(38)37-15-12-21(13-16-37)27-25(26(35-36-27)20-7-9-22(31)10-8-20)24-11-14-33-28(34-24)39-23-6-4-5-19(17-23)18-32/h4-11,14,17,21H,12-13,15-16H2,1-3H3,(H,35,36). The number of amides is 1. The maximum absolute atomic E-state index is 12.6. The van der Waals surface area contributed by atoms with Crippen molar-refractivity contribution < 1.29 is 14.3 Å². The highest BCUT2D eigenvalue weighted by atomic mass is 35.5. The Morgan fingerprint density at radius 2 is 1.88 bits per heavy atom. The van der Waals surface area contributed by atoms with E-state index in [1.165, 1.54) is 0 Å². The van der Waals surface area contributed by atoms with Gasteiger partial charge in [-0.3, -0.25) is 5.10 Å². The van der Waals surface area contributed by atoms with E-state index in [4.69, 9.17) is 31.2 Å². The third-order valence-corrected chi connectivity index (χ3v) is 6.78. The number of nitriles is 1. The van der Waals surface area contributed by atoms with Gasteiger partial charge < -0.3 is 14.4 Å². The zero-order chi connectivity index (χ0) is 28.3. The molecule has 1 fully saturated rings. The fourth-order valence-electron chi connectivity index (χ4n) is 4.67. The quantitative estimate of drug-likeness (QED) is 0.282. The fourth-order valence-corrected chi connectivity index (χ4v) is 4.79. The molecule has 0 atom stereocenters. The first-order chi connectivity index (χ1) is 19.2. The summed E-state index contributed by atoms with van der Waals surface area (Å²) in [6.07, 6.45) is 2.82. The van der Waals surface area contributed by atoms with Crippen molar-refractivity contribution in [3.8, 4) is 40.3 Å². The van der Waals surface area contributed by atoms with Crippen LogP contribution in [0, 0.1) is 11.3 Å². The molecule has 1 amide bonds. The first-order valence-electron chi connectivity index (χ1n) is 13.0. The molecule has 1 aliphatic heterocycles. The molecule has 3 heterocycles. The third kappa shape index (κ3) is 6.24. The molecular formula is C30H29ClN6O3. The van der Waals surface area contributed by atoms with E-state index in [1.54, 1.807) is 35.4 Å². The number of aromatic amines is 1. The van der Waals surface area contributed by atoms with Gasteiger partial charge in [0.1, 0.15) is 17.0 Å². The lowest BCUT2D eigenvalue weighted by molar-refractivity contribution is 0.0204. The molecule has 5 rings (SSSR count). The van der Waals surface area contributed by atoms with Crippen LogP contribution in [0.2, 0.25) is 5.02 Å². The van der Waals surface area contributed by atoms with Crippen molar-refractivity contribution in [3.05, 3.63) is 77.1 Å². The number of benzene rings is 2. The molecule has 2 aromatic carbocycles. The van der Waals surface area contributed by atoms with Crippen molar-refractivity contribution in [2.45, 2.75) is 45.1 Å². The number of ether oxygens (including phenoxy) is 2. The number of hydrogen-bond acceptors (Lipinski definition) is 7. The summed E-state index contributed by atoms with van der Waals surface area (Å²) in [7, 11) is 0. The van der Waals surface area contributed by atoms with Crippen LogP contribution in [0.25, 0.3) is 22.5 Å². The van der Waals surface area contributed by atoms with E-state index in [0.29, 0.717) is 35.1 Å². The Labute approximate surface area is 237 Å². The maximum Gasteiger partial charge on any atom is 0.410 e. The Hall–Kier alpha value is -4.42. The fraction of sp³-hybridized carbons (Fsp3) is 0.300. The second-order valence-corrected chi connectivity index (χ2v) is 11.0. The summed E-state index contributed by atoms with van der Waals surface area (Å²) in [5.41, 5.74) is 3.98. The number of rotatable bonds is 5. The van der Waals surface area contributed by atoms with Crippen molar-refractivity contribution >= 4 is 17.7 Å². The minimum absolute atomic E-state index is 0.119. The number of carbonyl (C=O) groups is 1. The molecule has 1 N–H and O–H groups in total. The molecule has 1 saturated heterocycles. The summed E-state index contributed by atoms with van der Waals surface area (Å²) in [5, 5.41) is 17.8. The molecule has 0 bridgehead atoms. The highest BCUT2D eigenvalue weighted by Crippen LogP contribution is 2.40. The summed E-state index contributed by atoms with van der Waals surface area (Å²) in [6.45, 7) is 6.75. The van der Waals surface area contributed by atoms with Crippen LogP contribution in [0.15, 0.2) is 60.8 Å². The number of carbonyl (C=O) groups excluding carboxylic acids is 1. The summed E-state index contributed by atoms with van der Waals surface area (Å²) < 4.78 is 11.5. The highest BCUT2D eigenvalue weighted by Gasteiger charge is 2.31. The molecule has 0 saturated carbocycles. The van der Waals surface area contributed by atoms with Crippen LogP contribution in [-0.4, -0.2) is 49.8 Å². The van der Waals surface area contributed by atoms with Crippen molar-refractivity contribution in [2.75, 3.05) is 13.1 Å². The Bertz CT molecular complexity index is 1550. The molecule has 4 aromatic rings. The summed E-state index contributed by atoms with van der Waals surface area (Å²) in [5.74, 6) is 0.588. The molecule has 0 spiro atoms. The van der Waals surface area contributed by atoms with Gasteiger partial charge in [0.05, 0.1) is 17.3 Å². The van der Waals surface area contributed by atoms with Crippen LogP contribution < -0.4 is 4.74 Å². The number of aromatic nitrogens is 4. The average Bonchev–Trinajstić information content (AvgIpc) is 3.38. The molecule has 0 radical (unpaired) electrons. The van der Waals surface area contributed by atoms with Gasteiger partial charge in [-0.2, -0.15) is 15.3 Å². The summed E-state index contributed by atoms with van der Waals surface area (Å²) >= 11 is 6.15. The van der Waals surface area contributed by atoms with Gasteiger partial charge in [0, 0.05) is 47.0 Å². The van der Waals surface area contributed by atoms with Gasteiger partial charge in [-0.05, 0) is 70.0 Å². The molecule has 10 heteroatoms. The van der Waals surface area contributed by atoms with E-state index in [9.17, 15) is 10.1 Å². The summed E-state index contributed by atoms with van der Waals surface area (Å²) in [4.78, 5) is 23.4. The highest BCUT2D eigenvalue weighted by molar-refractivity contribution is 6.30. The Balaban J connectivity index is 1.47. The molecule has 0 aliphatic carbocycles. The molecule has 204 valence electrons. The monoisotopic (exact) mass is 556 g/mol. The second-order valence-electron chi connectivity index (χ2n) is 10.6. The molecule has 1 aliphatic rings. The third-order valence-electron chi connectivity index (χ3n) is 6.53. The minimum atomic E-state index is -0.541. The largest absolute Gasteiger partial charge is 0.444 e. The molecule has 9 nitrogen and oxygen atoms in total. The van der Waals surface area contributed by atoms with E-state index in [-0.39, 0.29) is 18.0 Å². The van der Waals surface area contributed by atoms with Gasteiger partial charge >= 0.3 is 12.1 Å². The number of piperidine rings is 1. The Kier molecular flexibility index (Phi) is 7.71. The van der Waals surface area contributed by atoms with Crippen molar-refractivity contribution in [3.63, 3.8) is 0 Å². The lowest BCUT2D eigenvalue weighted by Gasteiger charge is -2.33. The van der Waals surface area contributed by atoms with Crippen LogP contribution in [0.3, 0.4) is 0 Å². The van der Waals surface area contributed by atoms with Gasteiger partial charge in [0.25, 0.3) is 0 Å². The van der Waals surface area contributed by atoms with E-state index >= 15 is 0 Å². The number of nitrogens with one attached hydrogen (secondary N) is 1.